The molecule has 0 radical (unpaired) electrons. The summed E-state index contributed by atoms with van der Waals surface area (Å²) in [7, 11) is -4.48. The van der Waals surface area contributed by atoms with Crippen LogP contribution >= 0.6 is 0 Å². The molecule has 3 saturated carbocycles. The van der Waals surface area contributed by atoms with Crippen LogP contribution in [-0.2, 0) is 71.0 Å². The lowest BCUT2D eigenvalue weighted by Crippen LogP contribution is -2.66. The van der Waals surface area contributed by atoms with Crippen molar-refractivity contribution in [1.29, 1.82) is 0 Å². The number of hydrogen-bond acceptors (Lipinski definition) is 27. The second-order valence-electron chi connectivity index (χ2n) is 26.7. The fourth-order valence-corrected chi connectivity index (χ4v) is 16.3. The van der Waals surface area contributed by atoms with Gasteiger partial charge in [-0.25, -0.2) is 4.18 Å². The Labute approximate surface area is 494 Å². The number of allylic oxidation sites excluding steroid dienone is 2. The Kier molecular flexibility index (Phi) is 20.8. The number of hydrogen-bond donors (Lipinski definition) is 13. The number of carbonyl (C=O) groups excluding carboxylic acids is 1. The van der Waals surface area contributed by atoms with Crippen molar-refractivity contribution in [2.24, 2.45) is 40.4 Å². The minimum atomic E-state index is -4.48. The molecule has 0 bridgehead atoms. The number of quaternary nitrogens is 1. The van der Waals surface area contributed by atoms with Crippen LogP contribution in [0, 0.1) is 40.4 Å². The van der Waals surface area contributed by atoms with E-state index in [0.29, 0.717) is 38.5 Å². The fraction of sp³-hybridized carbons (Fsp3) is 0.946. The van der Waals surface area contributed by atoms with Gasteiger partial charge in [-0.2, -0.15) is 14.3 Å². The Balaban J connectivity index is 0.982. The van der Waals surface area contributed by atoms with E-state index in [1.807, 2.05) is 13.8 Å². The second-order valence-corrected chi connectivity index (χ2v) is 28.0. The summed E-state index contributed by atoms with van der Waals surface area (Å²) in [4.78, 5) is 13.2. The molecule has 29 heteroatoms. The monoisotopic (exact) mass is 1240 g/mol. The normalized spacial score (nSPS) is 51.3. The molecule has 33 atom stereocenters. The summed E-state index contributed by atoms with van der Waals surface area (Å²) < 4.78 is 96.8. The highest BCUT2D eigenvalue weighted by molar-refractivity contribution is 7.81. The van der Waals surface area contributed by atoms with Gasteiger partial charge in [0.1, 0.15) is 97.3 Å². The summed E-state index contributed by atoms with van der Waals surface area (Å²) in [5, 5.41) is 135. The highest BCUT2D eigenvalue weighted by Gasteiger charge is 2.64. The van der Waals surface area contributed by atoms with E-state index < -0.39 is 199 Å². The van der Waals surface area contributed by atoms with Gasteiger partial charge in [0.2, 0.25) is 0 Å². The summed E-state index contributed by atoms with van der Waals surface area (Å²) in [5.74, 6) is 2.39. The molecule has 15 N–H and O–H groups in total. The Morgan fingerprint density at radius 3 is 1.73 bits per heavy atom. The summed E-state index contributed by atoms with van der Waals surface area (Å²) in [6, 6.07) is 0. The Hall–Kier alpha value is -1.64. The maximum absolute atomic E-state index is 13.2. The largest absolute Gasteiger partial charge is 0.444 e. The number of aliphatic hydroxyl groups is 12. The van der Waals surface area contributed by atoms with E-state index in [-0.39, 0.29) is 42.3 Å². The van der Waals surface area contributed by atoms with Gasteiger partial charge in [-0.15, -0.1) is 0 Å². The molecule has 490 valence electrons. The molecule has 0 amide bonds. The summed E-state index contributed by atoms with van der Waals surface area (Å²) in [5.41, 5.74) is -1.16. The van der Waals surface area contributed by atoms with Crippen LogP contribution < -0.4 is 5.90 Å². The average molecular weight is 1250 g/mol. The van der Waals surface area contributed by atoms with Gasteiger partial charge in [0, 0.05) is 12.8 Å². The van der Waals surface area contributed by atoms with Crippen molar-refractivity contribution in [2.75, 3.05) is 6.61 Å². The van der Waals surface area contributed by atoms with Gasteiger partial charge < -0.3 is 109 Å². The summed E-state index contributed by atoms with van der Waals surface area (Å²) in [6.07, 6.45) is -34.8. The van der Waals surface area contributed by atoms with Crippen molar-refractivity contribution < 1.29 is 136 Å². The molecule has 0 aromatic rings. The predicted molar refractivity (Wildman–Crippen MR) is 286 cm³/mol. The molecule has 27 unspecified atom stereocenters. The maximum Gasteiger partial charge on any atom is 0.444 e. The summed E-state index contributed by atoms with van der Waals surface area (Å²) in [6.45, 7) is 15.1. The van der Waals surface area contributed by atoms with E-state index in [9.17, 15) is 74.5 Å². The van der Waals surface area contributed by atoms with E-state index >= 15 is 0 Å². The van der Waals surface area contributed by atoms with Crippen LogP contribution in [-0.4, -0.2) is 247 Å². The van der Waals surface area contributed by atoms with Crippen LogP contribution in [0.4, 0.5) is 0 Å². The van der Waals surface area contributed by atoms with Gasteiger partial charge in [0.15, 0.2) is 31.5 Å². The summed E-state index contributed by atoms with van der Waals surface area (Å²) >= 11 is 0. The predicted octanol–water partition coefficient (Wildman–Crippen LogP) is -3.03. The number of aliphatic hydroxyl groups excluding tert-OH is 11. The van der Waals surface area contributed by atoms with Crippen LogP contribution in [0.15, 0.2) is 11.6 Å². The number of carbonyl (C=O) groups is 1. The van der Waals surface area contributed by atoms with Gasteiger partial charge in [-0.3, -0.25) is 4.79 Å². The van der Waals surface area contributed by atoms with E-state index in [2.05, 4.69) is 30.1 Å². The SMILES string of the molecule is CC(C)CC(=O)CC(C)(O)[C@H]1CCC2C3C[C@H](OC4OC(C)C(O)C(OC5OCC(OC6OC(C)C(O)C(O)C6OC6OC(C)C(O)C(O)C6O)C(O)C5OC5OC(C)C(O)C(O)C5O)C4O)[C@H]4C[C@@H](OS(=O)(=O)O[NH3+])CC[C@]4(C)C3=CC[C@@]21C. The zero-order valence-corrected chi connectivity index (χ0v) is 50.5. The zero-order valence-electron chi connectivity index (χ0n) is 49.7. The van der Waals surface area contributed by atoms with Crippen LogP contribution in [0.5, 0.6) is 0 Å². The molecule has 5 saturated heterocycles. The molecule has 5 heterocycles. The number of rotatable bonds is 18. The molecule has 0 aromatic heterocycles. The number of ether oxygens (including phenoxy) is 10. The lowest BCUT2D eigenvalue weighted by atomic mass is 9.47. The number of ketones is 1. The molecule has 9 rings (SSSR count). The molecule has 85 heavy (non-hydrogen) atoms. The van der Waals surface area contributed by atoms with Crippen LogP contribution in [0.1, 0.15) is 120 Å². The highest BCUT2D eigenvalue weighted by Crippen LogP contribution is 2.67. The average Bonchev–Trinajstić information content (AvgIpc) is 2.03. The van der Waals surface area contributed by atoms with Crippen molar-refractivity contribution in [1.82, 2.24) is 0 Å². The minimum absolute atomic E-state index is 0.00377. The van der Waals surface area contributed by atoms with Gasteiger partial charge >= 0.3 is 10.4 Å². The van der Waals surface area contributed by atoms with E-state index in [1.54, 1.807) is 6.92 Å². The smallest absolute Gasteiger partial charge is 0.389 e. The molecule has 9 aliphatic rings. The first kappa shape index (κ1) is 67.7. The zero-order chi connectivity index (χ0) is 62.3. The lowest BCUT2D eigenvalue weighted by molar-refractivity contribution is -0.637. The highest BCUT2D eigenvalue weighted by atomic mass is 32.3. The number of Topliss-reactive ketones (excluding diaryl/α,β-unsaturated/α-hetero) is 1. The van der Waals surface area contributed by atoms with Crippen molar-refractivity contribution in [3.05, 3.63) is 11.6 Å². The first-order valence-electron chi connectivity index (χ1n) is 30.0. The van der Waals surface area contributed by atoms with Gasteiger partial charge in [-0.1, -0.05) is 43.6 Å². The molecule has 0 spiro atoms. The van der Waals surface area contributed by atoms with Gasteiger partial charge in [0.05, 0.1) is 48.8 Å². The van der Waals surface area contributed by atoms with Crippen molar-refractivity contribution in [2.45, 2.75) is 285 Å². The molecular formula is C56H94NO27S+. The molecular weight excluding hydrogens is 1150 g/mol. The molecule has 5 aliphatic heterocycles. The molecule has 8 fully saturated rings. The van der Waals surface area contributed by atoms with Gasteiger partial charge in [0.25, 0.3) is 0 Å². The quantitative estimate of drug-likeness (QED) is 0.0479. The van der Waals surface area contributed by atoms with Gasteiger partial charge in [-0.05, 0) is 120 Å². The lowest BCUT2D eigenvalue weighted by Gasteiger charge is -2.60. The molecule has 0 aromatic carbocycles. The van der Waals surface area contributed by atoms with E-state index in [4.69, 9.17) is 51.6 Å². The third kappa shape index (κ3) is 13.4. The third-order valence-electron chi connectivity index (χ3n) is 20.4. The fourth-order valence-electron chi connectivity index (χ4n) is 15.7. The Bertz CT molecular complexity index is 2430. The molecule has 4 aliphatic carbocycles. The van der Waals surface area contributed by atoms with Crippen molar-refractivity contribution in [3.8, 4) is 0 Å². The number of fused-ring (bicyclic) bond motifs is 5. The van der Waals surface area contributed by atoms with Crippen LogP contribution in [0.25, 0.3) is 0 Å². The third-order valence-corrected chi connectivity index (χ3v) is 21.2. The second kappa shape index (κ2) is 26.2. The first-order valence-corrected chi connectivity index (χ1v) is 31.4. The van der Waals surface area contributed by atoms with Crippen LogP contribution in [0.3, 0.4) is 0 Å². The standard InChI is InChI=1S/C56H94NO27S/c1-21(2)16-26(58)19-56(9,70)34-11-10-29-28-18-32(31-17-27(83-85(71,72)84-57)12-14-54(31,7)30(28)13-15-55(29,34)8)78-51-45(69)46(38(62)25(6)76-51)80-52-47(81-49-43(67)40(64)35(59)22(3)74-49)39(63)33(20-73-52)79-53-48(42(66)37(61)24(5)77-53)82-50-44(68)41(65)36(60)23(4)75-50/h13,21-25,27-29,31-53,59-70H,10-12,14-20H2,1-9,57H3/q+1/t22?,23?,24?,25?,27-,28?,29?,31+,32-,33?,34-,35?,36?,37?,38?,39?,40?,41?,42?,43?,44?,45?,46?,47?,48?,49?,50?,51?,52?,53?,54+,55-,56?/m0/s1. The van der Waals surface area contributed by atoms with Crippen LogP contribution in [0.2, 0.25) is 0 Å². The van der Waals surface area contributed by atoms with E-state index in [0.717, 1.165) is 6.42 Å². The first-order chi connectivity index (χ1) is 39.7. The van der Waals surface area contributed by atoms with E-state index in [1.165, 1.54) is 33.3 Å². The van der Waals surface area contributed by atoms with Crippen molar-refractivity contribution >= 4 is 16.2 Å². The van der Waals surface area contributed by atoms with Crippen molar-refractivity contribution in [3.63, 3.8) is 0 Å². The minimum Gasteiger partial charge on any atom is -0.389 e. The maximum atomic E-state index is 13.2. The molecule has 28 nitrogen and oxygen atoms in total. The Morgan fingerprint density at radius 1 is 0.635 bits per heavy atom. The topological polar surface area (TPSA) is 432 Å². The Morgan fingerprint density at radius 2 is 1.15 bits per heavy atom.